The molecule has 0 amide bonds. The van der Waals surface area contributed by atoms with Crippen molar-refractivity contribution in [1.29, 1.82) is 0 Å². The molecule has 16 heavy (non-hydrogen) atoms. The lowest BCUT2D eigenvalue weighted by atomic mass is 10.1. The fourth-order valence-electron chi connectivity index (χ4n) is 0.663. The molecule has 1 aromatic carbocycles. The van der Waals surface area contributed by atoms with Crippen LogP contribution in [0.1, 0.15) is 66.5 Å². The molecule has 0 unspecified atom stereocenters. The third kappa shape index (κ3) is 18.9. The summed E-state index contributed by atoms with van der Waals surface area (Å²) < 4.78 is 0. The van der Waals surface area contributed by atoms with E-state index in [0.717, 1.165) is 0 Å². The Morgan fingerprint density at radius 1 is 0.500 bits per heavy atom. The van der Waals surface area contributed by atoms with Gasteiger partial charge in [0.2, 0.25) is 0 Å². The van der Waals surface area contributed by atoms with E-state index in [2.05, 4.69) is 38.1 Å². The minimum atomic E-state index is 1.37. The normalized spacial score (nSPS) is 6.12. The zero-order valence-corrected chi connectivity index (χ0v) is 13.3. The first-order chi connectivity index (χ1) is 7.80. The molecule has 0 fully saturated rings. The van der Waals surface area contributed by atoms with Crippen molar-refractivity contribution in [3.05, 3.63) is 35.4 Å². The molecule has 1 aromatic rings. The van der Waals surface area contributed by atoms with Crippen LogP contribution in [0.15, 0.2) is 24.3 Å². The quantitative estimate of drug-likeness (QED) is 0.479. The first-order valence-corrected chi connectivity index (χ1v) is 6.83. The van der Waals surface area contributed by atoms with Crippen LogP contribution in [0.5, 0.6) is 0 Å². The predicted molar refractivity (Wildman–Crippen MR) is 81.3 cm³/mol. The average Bonchev–Trinajstić information content (AvgIpc) is 2.42. The fourth-order valence-corrected chi connectivity index (χ4v) is 0.663. The van der Waals surface area contributed by atoms with Crippen molar-refractivity contribution in [2.75, 3.05) is 0 Å². The molecule has 0 aliphatic heterocycles. The summed E-state index contributed by atoms with van der Waals surface area (Å²) in [5, 5.41) is 0. The van der Waals surface area contributed by atoms with Crippen LogP contribution in [0.4, 0.5) is 0 Å². The molecule has 0 aliphatic carbocycles. The van der Waals surface area contributed by atoms with Crippen LogP contribution >= 0.6 is 0 Å². The topological polar surface area (TPSA) is 0 Å². The molecular weight excluding hydrogens is 192 g/mol. The molecule has 0 bridgehead atoms. The Labute approximate surface area is 105 Å². The van der Waals surface area contributed by atoms with Crippen molar-refractivity contribution in [2.24, 2.45) is 0 Å². The van der Waals surface area contributed by atoms with Crippen LogP contribution < -0.4 is 0 Å². The largest absolute Gasteiger partial charge is 0.0683 e. The van der Waals surface area contributed by atoms with Crippen LogP contribution in [-0.4, -0.2) is 0 Å². The van der Waals surface area contributed by atoms with Crippen LogP contribution in [0, 0.1) is 13.8 Å². The first-order valence-electron chi connectivity index (χ1n) is 6.83. The van der Waals surface area contributed by atoms with Crippen LogP contribution in [-0.2, 0) is 0 Å². The lowest BCUT2D eigenvalue weighted by Gasteiger charge is -1.93. The molecule has 0 aliphatic rings. The lowest BCUT2D eigenvalue weighted by Crippen LogP contribution is -1.74. The van der Waals surface area contributed by atoms with Crippen molar-refractivity contribution in [3.63, 3.8) is 0 Å². The number of aryl methyl sites for hydroxylation is 2. The highest BCUT2D eigenvalue weighted by atomic mass is 13.9. The second kappa shape index (κ2) is 29.2. The highest BCUT2D eigenvalue weighted by molar-refractivity contribution is 5.23. The molecule has 98 valence electrons. The average molecular weight is 226 g/mol. The minimum absolute atomic E-state index is 1.37. The van der Waals surface area contributed by atoms with Gasteiger partial charge in [-0.3, -0.25) is 0 Å². The van der Waals surface area contributed by atoms with E-state index in [9.17, 15) is 0 Å². The van der Waals surface area contributed by atoms with Crippen molar-refractivity contribution in [2.45, 2.75) is 69.2 Å². The Balaban J connectivity index is -0.0000000771. The maximum Gasteiger partial charge on any atom is -0.0395 e. The summed E-state index contributed by atoms with van der Waals surface area (Å²) in [5.74, 6) is 0. The van der Waals surface area contributed by atoms with Crippen molar-refractivity contribution in [1.82, 2.24) is 0 Å². The number of hydrogen-bond acceptors (Lipinski definition) is 0. The summed E-state index contributed by atoms with van der Waals surface area (Å²) in [6.45, 7) is 20.2. The molecular formula is C16H34. The van der Waals surface area contributed by atoms with E-state index in [4.69, 9.17) is 0 Å². The van der Waals surface area contributed by atoms with Gasteiger partial charge in [0.15, 0.2) is 0 Å². The minimum Gasteiger partial charge on any atom is -0.0683 e. The van der Waals surface area contributed by atoms with Gasteiger partial charge in [-0.2, -0.15) is 0 Å². The maximum atomic E-state index is 2.12. The third-order valence-corrected chi connectivity index (χ3v) is 1.43. The van der Waals surface area contributed by atoms with E-state index in [1.165, 1.54) is 11.1 Å². The van der Waals surface area contributed by atoms with E-state index >= 15 is 0 Å². The van der Waals surface area contributed by atoms with E-state index in [1.54, 1.807) is 0 Å². The fraction of sp³-hybridized carbons (Fsp3) is 0.625. The van der Waals surface area contributed by atoms with Gasteiger partial charge in [-0.1, -0.05) is 79.7 Å². The molecule has 0 radical (unpaired) electrons. The molecule has 0 saturated heterocycles. The van der Waals surface area contributed by atoms with E-state index < -0.39 is 0 Å². The lowest BCUT2D eigenvalue weighted by molar-refractivity contribution is 1.34. The van der Waals surface area contributed by atoms with Crippen molar-refractivity contribution in [3.8, 4) is 0 Å². The summed E-state index contributed by atoms with van der Waals surface area (Å²) in [5.41, 5.74) is 2.74. The number of rotatable bonds is 0. The zero-order valence-electron chi connectivity index (χ0n) is 13.3. The molecule has 0 N–H and O–H groups in total. The Morgan fingerprint density at radius 3 is 0.812 bits per heavy atom. The van der Waals surface area contributed by atoms with Gasteiger partial charge in [0.05, 0.1) is 0 Å². The smallest absolute Gasteiger partial charge is 0.0395 e. The summed E-state index contributed by atoms with van der Waals surface area (Å²) in [7, 11) is 0. The van der Waals surface area contributed by atoms with E-state index in [-0.39, 0.29) is 0 Å². The SMILES string of the molecule is CC.CC.CC.CC.Cc1ccccc1C. The van der Waals surface area contributed by atoms with Crippen molar-refractivity contribution < 1.29 is 0 Å². The molecule has 0 spiro atoms. The second-order valence-electron chi connectivity index (χ2n) is 2.08. The molecule has 0 nitrogen and oxygen atoms in total. The molecule has 0 atom stereocenters. The van der Waals surface area contributed by atoms with Gasteiger partial charge in [0.25, 0.3) is 0 Å². The third-order valence-electron chi connectivity index (χ3n) is 1.43. The Morgan fingerprint density at radius 2 is 0.688 bits per heavy atom. The van der Waals surface area contributed by atoms with Gasteiger partial charge in [-0.15, -0.1) is 0 Å². The van der Waals surface area contributed by atoms with Gasteiger partial charge >= 0.3 is 0 Å². The number of hydrogen-bond donors (Lipinski definition) is 0. The Kier molecular flexibility index (Phi) is 44.7. The second-order valence-corrected chi connectivity index (χ2v) is 2.08. The molecule has 0 saturated carbocycles. The standard InChI is InChI=1S/C8H10.4C2H6/c1-7-5-3-4-6-8(7)2;4*1-2/h3-6H,1-2H3;4*1-2H3. The summed E-state index contributed by atoms with van der Waals surface area (Å²) >= 11 is 0. The zero-order chi connectivity index (χ0) is 14.0. The predicted octanol–water partition coefficient (Wildman–Crippen LogP) is 6.41. The molecule has 0 aromatic heterocycles. The van der Waals surface area contributed by atoms with Gasteiger partial charge in [0, 0.05) is 0 Å². The summed E-state index contributed by atoms with van der Waals surface area (Å²) in [6.07, 6.45) is 0. The van der Waals surface area contributed by atoms with Gasteiger partial charge in [-0.05, 0) is 25.0 Å². The van der Waals surface area contributed by atoms with Crippen LogP contribution in [0.25, 0.3) is 0 Å². The van der Waals surface area contributed by atoms with Gasteiger partial charge in [0.1, 0.15) is 0 Å². The van der Waals surface area contributed by atoms with Crippen LogP contribution in [0.2, 0.25) is 0 Å². The van der Waals surface area contributed by atoms with E-state index in [0.29, 0.717) is 0 Å². The highest BCUT2D eigenvalue weighted by Crippen LogP contribution is 2.02. The van der Waals surface area contributed by atoms with Crippen molar-refractivity contribution >= 4 is 0 Å². The summed E-state index contributed by atoms with van der Waals surface area (Å²) in [4.78, 5) is 0. The van der Waals surface area contributed by atoms with Gasteiger partial charge in [-0.25, -0.2) is 0 Å². The van der Waals surface area contributed by atoms with E-state index in [1.807, 2.05) is 55.4 Å². The van der Waals surface area contributed by atoms with Gasteiger partial charge < -0.3 is 0 Å². The monoisotopic (exact) mass is 226 g/mol. The van der Waals surface area contributed by atoms with Crippen LogP contribution in [0.3, 0.4) is 0 Å². The molecule has 0 heterocycles. The Bertz CT molecular complexity index is 156. The Hall–Kier alpha value is -0.780. The number of benzene rings is 1. The first kappa shape index (κ1) is 24.4. The maximum absolute atomic E-state index is 2.12. The molecule has 1 rings (SSSR count). The highest BCUT2D eigenvalue weighted by Gasteiger charge is 1.83. The molecule has 0 heteroatoms. The summed E-state index contributed by atoms with van der Waals surface area (Å²) in [6, 6.07) is 8.36.